The Labute approximate surface area is 160 Å². The molecule has 2 N–H and O–H groups in total. The Bertz CT molecular complexity index is 802. The van der Waals surface area contributed by atoms with Crippen molar-refractivity contribution in [2.45, 2.75) is 51.3 Å². The van der Waals surface area contributed by atoms with Crippen molar-refractivity contribution in [2.24, 2.45) is 11.8 Å². The minimum atomic E-state index is -3.63. The summed E-state index contributed by atoms with van der Waals surface area (Å²) in [4.78, 5) is 23.9. The third-order valence-electron chi connectivity index (χ3n) is 5.17. The summed E-state index contributed by atoms with van der Waals surface area (Å²) in [6.07, 6.45) is 2.25. The zero-order valence-corrected chi connectivity index (χ0v) is 16.9. The van der Waals surface area contributed by atoms with E-state index < -0.39 is 21.9 Å². The van der Waals surface area contributed by atoms with E-state index in [9.17, 15) is 23.1 Å². The average molecular weight is 397 g/mol. The Morgan fingerprint density at radius 1 is 1.19 bits per heavy atom. The van der Waals surface area contributed by atoms with Crippen LogP contribution in [-0.2, 0) is 19.6 Å². The fourth-order valence-corrected chi connectivity index (χ4v) is 5.26. The summed E-state index contributed by atoms with van der Waals surface area (Å²) >= 11 is 0. The predicted octanol–water partition coefficient (Wildman–Crippen LogP) is 2.86. The number of anilines is 1. The van der Waals surface area contributed by atoms with Crippen molar-refractivity contribution in [2.75, 3.05) is 18.4 Å². The lowest BCUT2D eigenvalue weighted by molar-refractivity contribution is -0.143. The molecule has 150 valence electrons. The van der Waals surface area contributed by atoms with E-state index in [0.717, 1.165) is 0 Å². The molecule has 8 heteroatoms. The number of rotatable bonds is 7. The second kappa shape index (κ2) is 8.84. The SMILES string of the molecule is CCN(CC)S(=O)(=O)c1cc(NC(=O)C2CCCC(C(=O)O)C2)ccc1C. The standard InChI is InChI=1S/C19H28N2O5S/c1-4-21(5-2)27(25,26)17-12-16(10-9-13(17)3)20-18(22)14-7-6-8-15(11-14)19(23)24/h9-10,12,14-15H,4-8,11H2,1-3H3,(H,20,22)(H,23,24). The van der Waals surface area contributed by atoms with Crippen LogP contribution in [0.3, 0.4) is 0 Å². The van der Waals surface area contributed by atoms with Gasteiger partial charge in [-0.1, -0.05) is 26.3 Å². The normalized spacial score (nSPS) is 20.4. The summed E-state index contributed by atoms with van der Waals surface area (Å²) in [6.45, 7) is 6.02. The summed E-state index contributed by atoms with van der Waals surface area (Å²) < 4.78 is 27.0. The third kappa shape index (κ3) is 4.87. The van der Waals surface area contributed by atoms with Gasteiger partial charge in [-0.25, -0.2) is 8.42 Å². The van der Waals surface area contributed by atoms with Crippen LogP contribution < -0.4 is 5.32 Å². The van der Waals surface area contributed by atoms with Gasteiger partial charge in [-0.2, -0.15) is 4.31 Å². The number of nitrogens with one attached hydrogen (secondary N) is 1. The highest BCUT2D eigenvalue weighted by Gasteiger charge is 2.31. The van der Waals surface area contributed by atoms with Crippen LogP contribution in [0.5, 0.6) is 0 Å². The second-order valence-electron chi connectivity index (χ2n) is 6.96. The Morgan fingerprint density at radius 3 is 2.41 bits per heavy atom. The first-order chi connectivity index (χ1) is 12.7. The fraction of sp³-hybridized carbons (Fsp3) is 0.579. The maximum atomic E-state index is 12.8. The smallest absolute Gasteiger partial charge is 0.306 e. The minimum absolute atomic E-state index is 0.177. The van der Waals surface area contributed by atoms with E-state index >= 15 is 0 Å². The van der Waals surface area contributed by atoms with E-state index in [2.05, 4.69) is 5.32 Å². The highest BCUT2D eigenvalue weighted by molar-refractivity contribution is 7.89. The van der Waals surface area contributed by atoms with Gasteiger partial charge in [0.25, 0.3) is 0 Å². The quantitative estimate of drug-likeness (QED) is 0.737. The van der Waals surface area contributed by atoms with Gasteiger partial charge in [-0.15, -0.1) is 0 Å². The first-order valence-electron chi connectivity index (χ1n) is 9.35. The number of carbonyl (C=O) groups excluding carboxylic acids is 1. The van der Waals surface area contributed by atoms with Gasteiger partial charge in [0.15, 0.2) is 0 Å². The number of aryl methyl sites for hydroxylation is 1. The Hall–Kier alpha value is -1.93. The molecule has 0 spiro atoms. The highest BCUT2D eigenvalue weighted by atomic mass is 32.2. The zero-order valence-electron chi connectivity index (χ0n) is 16.1. The molecular formula is C19H28N2O5S. The topological polar surface area (TPSA) is 104 Å². The summed E-state index contributed by atoms with van der Waals surface area (Å²) in [5.41, 5.74) is 1.03. The van der Waals surface area contributed by atoms with E-state index in [-0.39, 0.29) is 16.7 Å². The van der Waals surface area contributed by atoms with Gasteiger partial charge < -0.3 is 10.4 Å². The molecule has 1 aromatic rings. The number of sulfonamides is 1. The van der Waals surface area contributed by atoms with Crippen LogP contribution in [0.25, 0.3) is 0 Å². The van der Waals surface area contributed by atoms with Crippen LogP contribution in [0.1, 0.15) is 45.1 Å². The van der Waals surface area contributed by atoms with Crippen molar-refractivity contribution in [1.82, 2.24) is 4.31 Å². The van der Waals surface area contributed by atoms with Crippen molar-refractivity contribution in [3.05, 3.63) is 23.8 Å². The van der Waals surface area contributed by atoms with Gasteiger partial charge in [0.1, 0.15) is 0 Å². The minimum Gasteiger partial charge on any atom is -0.481 e. The largest absolute Gasteiger partial charge is 0.481 e. The monoisotopic (exact) mass is 396 g/mol. The van der Waals surface area contributed by atoms with Crippen LogP contribution in [0.15, 0.2) is 23.1 Å². The molecule has 0 radical (unpaired) electrons. The van der Waals surface area contributed by atoms with Crippen molar-refractivity contribution >= 4 is 27.6 Å². The molecule has 0 aliphatic heterocycles. The van der Waals surface area contributed by atoms with E-state index in [0.29, 0.717) is 50.0 Å². The van der Waals surface area contributed by atoms with Crippen molar-refractivity contribution in [1.29, 1.82) is 0 Å². The molecule has 27 heavy (non-hydrogen) atoms. The van der Waals surface area contributed by atoms with Crippen LogP contribution in [0, 0.1) is 18.8 Å². The molecule has 1 aromatic carbocycles. The number of carboxylic acid groups (broad SMARTS) is 1. The zero-order chi connectivity index (χ0) is 20.2. The number of carboxylic acids is 1. The number of benzene rings is 1. The van der Waals surface area contributed by atoms with E-state index in [4.69, 9.17) is 0 Å². The van der Waals surface area contributed by atoms with Gasteiger partial charge >= 0.3 is 5.97 Å². The van der Waals surface area contributed by atoms with E-state index in [1.165, 1.54) is 10.4 Å². The summed E-state index contributed by atoms with van der Waals surface area (Å²) in [6, 6.07) is 4.83. The Kier molecular flexibility index (Phi) is 7.00. The summed E-state index contributed by atoms with van der Waals surface area (Å²) in [7, 11) is -3.63. The Morgan fingerprint density at radius 2 is 1.81 bits per heavy atom. The molecule has 0 bridgehead atoms. The molecule has 2 atom stereocenters. The molecule has 1 fully saturated rings. The maximum Gasteiger partial charge on any atom is 0.306 e. The second-order valence-corrected chi connectivity index (χ2v) is 8.86. The van der Waals surface area contributed by atoms with Crippen LogP contribution in [0.2, 0.25) is 0 Å². The molecule has 0 heterocycles. The Balaban J connectivity index is 2.21. The van der Waals surface area contributed by atoms with Crippen LogP contribution in [-0.4, -0.2) is 42.8 Å². The molecule has 1 aliphatic carbocycles. The lowest BCUT2D eigenvalue weighted by atomic mass is 9.81. The molecule has 1 aliphatic rings. The number of amides is 1. The van der Waals surface area contributed by atoms with Gasteiger partial charge in [0.05, 0.1) is 10.8 Å². The fourth-order valence-electron chi connectivity index (χ4n) is 3.55. The van der Waals surface area contributed by atoms with Crippen LogP contribution >= 0.6 is 0 Å². The maximum absolute atomic E-state index is 12.8. The van der Waals surface area contributed by atoms with Gasteiger partial charge in [-0.05, 0) is 43.9 Å². The number of aliphatic carboxylic acids is 1. The lowest BCUT2D eigenvalue weighted by Gasteiger charge is -2.26. The molecule has 2 unspecified atom stereocenters. The number of hydrogen-bond donors (Lipinski definition) is 2. The van der Waals surface area contributed by atoms with Gasteiger partial charge in [-0.3, -0.25) is 9.59 Å². The number of carbonyl (C=O) groups is 2. The average Bonchev–Trinajstić information content (AvgIpc) is 2.64. The highest BCUT2D eigenvalue weighted by Crippen LogP contribution is 2.31. The molecule has 7 nitrogen and oxygen atoms in total. The summed E-state index contributed by atoms with van der Waals surface area (Å²) in [5, 5.41) is 12.0. The predicted molar refractivity (Wildman–Crippen MR) is 103 cm³/mol. The summed E-state index contributed by atoms with van der Waals surface area (Å²) in [5.74, 6) is -1.98. The van der Waals surface area contributed by atoms with Crippen LogP contribution in [0.4, 0.5) is 5.69 Å². The molecule has 2 rings (SSSR count). The van der Waals surface area contributed by atoms with E-state index in [1.54, 1.807) is 32.9 Å². The lowest BCUT2D eigenvalue weighted by Crippen LogP contribution is -2.32. The number of nitrogens with zero attached hydrogens (tertiary/aromatic N) is 1. The molecular weight excluding hydrogens is 368 g/mol. The molecule has 0 saturated heterocycles. The third-order valence-corrected chi connectivity index (χ3v) is 7.37. The van der Waals surface area contributed by atoms with Gasteiger partial charge in [0.2, 0.25) is 15.9 Å². The number of hydrogen-bond acceptors (Lipinski definition) is 4. The molecule has 1 amide bonds. The van der Waals surface area contributed by atoms with Crippen molar-refractivity contribution < 1.29 is 23.1 Å². The molecule has 1 saturated carbocycles. The van der Waals surface area contributed by atoms with Crippen molar-refractivity contribution in [3.8, 4) is 0 Å². The first-order valence-corrected chi connectivity index (χ1v) is 10.8. The first kappa shape index (κ1) is 21.4. The van der Waals surface area contributed by atoms with Gasteiger partial charge in [0, 0.05) is 24.7 Å². The van der Waals surface area contributed by atoms with Crippen molar-refractivity contribution in [3.63, 3.8) is 0 Å². The molecule has 0 aromatic heterocycles. The van der Waals surface area contributed by atoms with E-state index in [1.807, 2.05) is 0 Å².